The summed E-state index contributed by atoms with van der Waals surface area (Å²) in [6.45, 7) is 0.816. The molecule has 0 aliphatic rings. The van der Waals surface area contributed by atoms with Crippen LogP contribution in [0.5, 0.6) is 0 Å². The Kier molecular flexibility index (Phi) is 8.32. The third kappa shape index (κ3) is 6.92. The van der Waals surface area contributed by atoms with Gasteiger partial charge in [0.1, 0.15) is 10.8 Å². The van der Waals surface area contributed by atoms with Gasteiger partial charge in [0.05, 0.1) is 16.8 Å². The zero-order valence-electron chi connectivity index (χ0n) is 13.8. The molecule has 0 saturated carbocycles. The number of terminal acetylenes is 1. The third-order valence-corrected chi connectivity index (χ3v) is 6.73. The number of thioether (sulfide) groups is 1. The van der Waals surface area contributed by atoms with Crippen molar-refractivity contribution < 1.29 is 8.42 Å². The van der Waals surface area contributed by atoms with E-state index in [2.05, 4.69) is 21.5 Å². The van der Waals surface area contributed by atoms with Gasteiger partial charge in [-0.05, 0) is 24.3 Å². The average molecular weight is 428 g/mol. The quantitative estimate of drug-likeness (QED) is 0.448. The lowest BCUT2D eigenvalue weighted by atomic mass is 10.4. The van der Waals surface area contributed by atoms with Crippen molar-refractivity contribution in [2.75, 3.05) is 18.8 Å². The predicted octanol–water partition coefficient (Wildman–Crippen LogP) is 3.11. The molecule has 1 aromatic heterocycles. The van der Waals surface area contributed by atoms with Crippen molar-refractivity contribution in [3.63, 3.8) is 0 Å². The van der Waals surface area contributed by atoms with Gasteiger partial charge in [-0.15, -0.1) is 17.8 Å². The summed E-state index contributed by atoms with van der Waals surface area (Å²) in [6.07, 6.45) is 7.04. The number of hydrogen-bond acceptors (Lipinski definition) is 7. The molecule has 9 heteroatoms. The number of aromatic nitrogens is 1. The number of hydrogen-bond donors (Lipinski definition) is 2. The summed E-state index contributed by atoms with van der Waals surface area (Å²) in [5.41, 5.74) is 0. The molecule has 2 N–H and O–H groups in total. The molecule has 0 amide bonds. The standard InChI is InChI=1S/C17H18ClN3O2S3/c1-2-7-19-16(20-8-10-24-12-17-21-9-11-25-17)13-26(22,23)15-5-3-14(18)4-6-15/h1,3-6,9,11,13,19-20H,7-8,10,12H2/b16-13-. The van der Waals surface area contributed by atoms with E-state index in [4.69, 9.17) is 18.0 Å². The minimum absolute atomic E-state index is 0.168. The summed E-state index contributed by atoms with van der Waals surface area (Å²) in [5, 5.41) is 10.6. The van der Waals surface area contributed by atoms with E-state index >= 15 is 0 Å². The largest absolute Gasteiger partial charge is 0.370 e. The third-order valence-electron chi connectivity index (χ3n) is 3.07. The lowest BCUT2D eigenvalue weighted by Crippen LogP contribution is -2.29. The number of thiazole rings is 1. The Bertz CT molecular complexity index is 858. The second-order valence-electron chi connectivity index (χ2n) is 4.99. The fourth-order valence-electron chi connectivity index (χ4n) is 1.88. The maximum atomic E-state index is 12.5. The van der Waals surface area contributed by atoms with Crippen molar-refractivity contribution in [2.45, 2.75) is 10.6 Å². The molecule has 2 rings (SSSR count). The Hall–Kier alpha value is -1.66. The van der Waals surface area contributed by atoms with Crippen LogP contribution in [-0.2, 0) is 15.6 Å². The number of rotatable bonds is 10. The number of benzene rings is 1. The highest BCUT2D eigenvalue weighted by atomic mass is 35.5. The van der Waals surface area contributed by atoms with Gasteiger partial charge in [0.15, 0.2) is 0 Å². The summed E-state index contributed by atoms with van der Waals surface area (Å²) in [4.78, 5) is 4.39. The number of sulfone groups is 1. The summed E-state index contributed by atoms with van der Waals surface area (Å²) >= 11 is 9.14. The first-order chi connectivity index (χ1) is 12.5. The van der Waals surface area contributed by atoms with Crippen LogP contribution < -0.4 is 10.6 Å². The molecule has 0 atom stereocenters. The maximum Gasteiger partial charge on any atom is 0.203 e. The molecule has 0 bridgehead atoms. The molecule has 0 spiro atoms. The lowest BCUT2D eigenvalue weighted by molar-refractivity contribution is 0.603. The Morgan fingerprint density at radius 1 is 1.35 bits per heavy atom. The van der Waals surface area contributed by atoms with E-state index in [-0.39, 0.29) is 11.4 Å². The van der Waals surface area contributed by atoms with Crippen molar-refractivity contribution in [3.8, 4) is 12.3 Å². The van der Waals surface area contributed by atoms with Crippen molar-refractivity contribution in [3.05, 3.63) is 57.1 Å². The van der Waals surface area contributed by atoms with Gasteiger partial charge >= 0.3 is 0 Å². The monoisotopic (exact) mass is 427 g/mol. The van der Waals surface area contributed by atoms with Crippen LogP contribution in [0.4, 0.5) is 0 Å². The second-order valence-corrected chi connectivity index (χ2v) is 9.31. The van der Waals surface area contributed by atoms with Crippen LogP contribution in [0.3, 0.4) is 0 Å². The minimum atomic E-state index is -3.61. The summed E-state index contributed by atoms with van der Waals surface area (Å²) < 4.78 is 25.0. The van der Waals surface area contributed by atoms with E-state index in [1.807, 2.05) is 5.38 Å². The van der Waals surface area contributed by atoms with Crippen LogP contribution in [0.2, 0.25) is 5.02 Å². The van der Waals surface area contributed by atoms with Crippen molar-refractivity contribution in [2.24, 2.45) is 0 Å². The Morgan fingerprint density at radius 3 is 2.77 bits per heavy atom. The second kappa shape index (κ2) is 10.5. The number of nitrogens with zero attached hydrogens (tertiary/aromatic N) is 1. The molecule has 26 heavy (non-hydrogen) atoms. The smallest absolute Gasteiger partial charge is 0.203 e. The summed E-state index contributed by atoms with van der Waals surface area (Å²) in [7, 11) is -3.61. The highest BCUT2D eigenvalue weighted by Gasteiger charge is 2.13. The van der Waals surface area contributed by atoms with Crippen LogP contribution >= 0.6 is 34.7 Å². The number of halogens is 1. The Morgan fingerprint density at radius 2 is 2.12 bits per heavy atom. The molecule has 0 aliphatic carbocycles. The lowest BCUT2D eigenvalue weighted by Gasteiger charge is -2.12. The van der Waals surface area contributed by atoms with Crippen molar-refractivity contribution in [1.82, 2.24) is 15.6 Å². The SMILES string of the molecule is C#CCN/C(=C/S(=O)(=O)c1ccc(Cl)cc1)NCCSCc1nccs1. The van der Waals surface area contributed by atoms with E-state index in [1.54, 1.807) is 41.4 Å². The van der Waals surface area contributed by atoms with Gasteiger partial charge in [0.2, 0.25) is 9.84 Å². The molecular formula is C17H18ClN3O2S3. The Balaban J connectivity index is 1.95. The Labute approximate surface area is 167 Å². The maximum absolute atomic E-state index is 12.5. The van der Waals surface area contributed by atoms with E-state index < -0.39 is 9.84 Å². The molecule has 2 aromatic rings. The fourth-order valence-corrected chi connectivity index (χ4v) is 4.70. The summed E-state index contributed by atoms with van der Waals surface area (Å²) in [5.74, 6) is 4.44. The van der Waals surface area contributed by atoms with Gasteiger partial charge in [0.25, 0.3) is 0 Å². The predicted molar refractivity (Wildman–Crippen MR) is 110 cm³/mol. The molecule has 5 nitrogen and oxygen atoms in total. The average Bonchev–Trinajstić information content (AvgIpc) is 3.12. The van der Waals surface area contributed by atoms with E-state index in [0.29, 0.717) is 17.4 Å². The molecule has 1 aromatic carbocycles. The zero-order chi connectivity index (χ0) is 18.8. The summed E-state index contributed by atoms with van der Waals surface area (Å²) in [6, 6.07) is 6.02. The molecule has 0 saturated heterocycles. The molecule has 0 aliphatic heterocycles. The highest BCUT2D eigenvalue weighted by molar-refractivity contribution is 7.98. The molecule has 1 heterocycles. The van der Waals surface area contributed by atoms with E-state index in [0.717, 1.165) is 21.9 Å². The van der Waals surface area contributed by atoms with E-state index in [9.17, 15) is 8.42 Å². The van der Waals surface area contributed by atoms with Crippen molar-refractivity contribution >= 4 is 44.5 Å². The molecular weight excluding hydrogens is 410 g/mol. The molecule has 0 unspecified atom stereocenters. The number of nitrogens with one attached hydrogen (secondary N) is 2. The minimum Gasteiger partial charge on any atom is -0.370 e. The van der Waals surface area contributed by atoms with Crippen molar-refractivity contribution in [1.29, 1.82) is 0 Å². The van der Waals surface area contributed by atoms with Crippen LogP contribution in [0.15, 0.2) is 52.0 Å². The highest BCUT2D eigenvalue weighted by Crippen LogP contribution is 2.17. The van der Waals surface area contributed by atoms with Crippen LogP contribution in [0.1, 0.15) is 5.01 Å². The molecule has 0 fully saturated rings. The van der Waals surface area contributed by atoms with Gasteiger partial charge < -0.3 is 10.6 Å². The normalized spacial score (nSPS) is 11.8. The topological polar surface area (TPSA) is 71.1 Å². The van der Waals surface area contributed by atoms with Gasteiger partial charge in [-0.2, -0.15) is 11.8 Å². The van der Waals surface area contributed by atoms with Gasteiger partial charge in [-0.3, -0.25) is 0 Å². The van der Waals surface area contributed by atoms with Crippen LogP contribution in [-0.4, -0.2) is 32.2 Å². The first kappa shape index (κ1) is 20.6. The van der Waals surface area contributed by atoms with E-state index in [1.165, 1.54) is 12.1 Å². The molecule has 0 radical (unpaired) electrons. The van der Waals surface area contributed by atoms with Crippen LogP contribution in [0, 0.1) is 12.3 Å². The first-order valence-electron chi connectivity index (χ1n) is 7.61. The van der Waals surface area contributed by atoms with Gasteiger partial charge in [-0.25, -0.2) is 13.4 Å². The fraction of sp³-hybridized carbons (Fsp3) is 0.235. The zero-order valence-corrected chi connectivity index (χ0v) is 17.0. The molecule has 138 valence electrons. The van der Waals surface area contributed by atoms with Gasteiger partial charge in [-0.1, -0.05) is 17.5 Å². The first-order valence-corrected chi connectivity index (χ1v) is 11.6. The van der Waals surface area contributed by atoms with Gasteiger partial charge in [0, 0.05) is 34.7 Å². The van der Waals surface area contributed by atoms with Crippen LogP contribution in [0.25, 0.3) is 0 Å².